The first-order valence-electron chi connectivity index (χ1n) is 6.92. The van der Waals surface area contributed by atoms with Gasteiger partial charge in [-0.25, -0.2) is 4.99 Å². The highest BCUT2D eigenvalue weighted by Crippen LogP contribution is 2.28. The van der Waals surface area contributed by atoms with Crippen LogP contribution in [0.2, 0.25) is 0 Å². The van der Waals surface area contributed by atoms with Gasteiger partial charge in [0.05, 0.1) is 19.6 Å². The monoisotopic (exact) mass is 286 g/mol. The summed E-state index contributed by atoms with van der Waals surface area (Å²) < 4.78 is 5.48. The third kappa shape index (κ3) is 2.55. The van der Waals surface area contributed by atoms with Gasteiger partial charge in [0.25, 0.3) is 5.91 Å². The van der Waals surface area contributed by atoms with Gasteiger partial charge in [0.1, 0.15) is 0 Å². The smallest absolute Gasteiger partial charge is 0.264 e. The molecule has 110 valence electrons. The van der Waals surface area contributed by atoms with E-state index in [0.29, 0.717) is 19.8 Å². The molecule has 0 bridgehead atoms. The predicted molar refractivity (Wildman–Crippen MR) is 79.3 cm³/mol. The van der Waals surface area contributed by atoms with Crippen LogP contribution in [0, 0.1) is 0 Å². The van der Waals surface area contributed by atoms with Gasteiger partial charge in [-0.1, -0.05) is 30.3 Å². The molecule has 0 radical (unpaired) electrons. The number of benzene rings is 1. The highest BCUT2D eigenvalue weighted by Gasteiger charge is 2.43. The molecular formula is C15H18N4O2. The summed E-state index contributed by atoms with van der Waals surface area (Å²) in [6.07, 6.45) is 2.26. The van der Waals surface area contributed by atoms with E-state index in [0.717, 1.165) is 23.3 Å². The van der Waals surface area contributed by atoms with Crippen LogP contribution >= 0.6 is 0 Å². The number of primary amides is 1. The molecule has 1 unspecified atom stereocenters. The molecule has 1 aromatic carbocycles. The lowest BCUT2D eigenvalue weighted by atomic mass is 9.93. The first-order chi connectivity index (χ1) is 10.2. The van der Waals surface area contributed by atoms with Crippen molar-refractivity contribution in [2.75, 3.05) is 13.2 Å². The van der Waals surface area contributed by atoms with E-state index in [1.165, 1.54) is 6.34 Å². The van der Waals surface area contributed by atoms with E-state index in [-0.39, 0.29) is 0 Å². The summed E-state index contributed by atoms with van der Waals surface area (Å²) in [6.45, 7) is 1.48. The first kappa shape index (κ1) is 13.8. The molecule has 4 N–H and O–H groups in total. The van der Waals surface area contributed by atoms with Crippen LogP contribution in [0.25, 0.3) is 0 Å². The number of hydrogen-bond donors (Lipinski definition) is 3. The van der Waals surface area contributed by atoms with Gasteiger partial charge >= 0.3 is 0 Å². The van der Waals surface area contributed by atoms with Crippen molar-refractivity contribution in [3.8, 4) is 0 Å². The Bertz CT molecular complexity index is 597. The van der Waals surface area contributed by atoms with Crippen molar-refractivity contribution in [3.05, 3.63) is 47.2 Å². The molecular weight excluding hydrogens is 268 g/mol. The van der Waals surface area contributed by atoms with E-state index in [1.54, 1.807) is 0 Å². The van der Waals surface area contributed by atoms with Gasteiger partial charge in [-0.05, 0) is 5.56 Å². The van der Waals surface area contributed by atoms with E-state index in [4.69, 9.17) is 10.5 Å². The highest BCUT2D eigenvalue weighted by molar-refractivity contribution is 5.91. The number of rotatable bonds is 4. The standard InChI is InChI=1S/C15H18N4O2/c16-14(20)15(18-8-11-4-2-1-3-5-11)12-9-21-7-6-13(12)17-10-19-15/h1-5,10,18H,6-9H2,(H2,16,20)(H,17,19). The molecule has 0 aliphatic carbocycles. The van der Waals surface area contributed by atoms with Crippen molar-refractivity contribution < 1.29 is 9.53 Å². The molecule has 0 fully saturated rings. The minimum absolute atomic E-state index is 0.352. The topological polar surface area (TPSA) is 88.7 Å². The number of carbonyl (C=O) groups excluding carboxylic acids is 1. The first-order valence-corrected chi connectivity index (χ1v) is 6.92. The zero-order valence-corrected chi connectivity index (χ0v) is 11.6. The van der Waals surface area contributed by atoms with Gasteiger partial charge in [0.15, 0.2) is 0 Å². The van der Waals surface area contributed by atoms with Gasteiger partial charge in [0, 0.05) is 24.2 Å². The lowest BCUT2D eigenvalue weighted by molar-refractivity contribution is -0.123. The number of aliphatic imine (C=N–C) groups is 1. The van der Waals surface area contributed by atoms with Crippen LogP contribution in [0.15, 0.2) is 46.6 Å². The SMILES string of the molecule is NC(=O)C1(NCc2ccccc2)N=CNC2=C1COCC2. The van der Waals surface area contributed by atoms with Crippen LogP contribution in [0.1, 0.15) is 12.0 Å². The quantitative estimate of drug-likeness (QED) is 0.741. The van der Waals surface area contributed by atoms with Crippen LogP contribution < -0.4 is 16.4 Å². The van der Waals surface area contributed by atoms with Crippen LogP contribution in [-0.4, -0.2) is 31.1 Å². The normalized spacial score (nSPS) is 24.4. The number of hydrogen-bond acceptors (Lipinski definition) is 5. The molecule has 1 aromatic rings. The molecule has 21 heavy (non-hydrogen) atoms. The second kappa shape index (κ2) is 5.67. The van der Waals surface area contributed by atoms with Crippen LogP contribution in [0.5, 0.6) is 0 Å². The zero-order chi connectivity index (χ0) is 14.7. The van der Waals surface area contributed by atoms with Crippen molar-refractivity contribution in [1.82, 2.24) is 10.6 Å². The Morgan fingerprint density at radius 1 is 1.43 bits per heavy atom. The Hall–Kier alpha value is -2.18. The molecule has 3 rings (SSSR count). The summed E-state index contributed by atoms with van der Waals surface area (Å²) in [6, 6.07) is 9.83. The molecule has 2 aliphatic heterocycles. The molecule has 2 aliphatic rings. The van der Waals surface area contributed by atoms with Gasteiger partial charge in [0.2, 0.25) is 5.66 Å². The van der Waals surface area contributed by atoms with E-state index in [9.17, 15) is 4.79 Å². The van der Waals surface area contributed by atoms with E-state index >= 15 is 0 Å². The van der Waals surface area contributed by atoms with E-state index < -0.39 is 11.6 Å². The Balaban J connectivity index is 1.89. The molecule has 6 nitrogen and oxygen atoms in total. The zero-order valence-electron chi connectivity index (χ0n) is 11.6. The highest BCUT2D eigenvalue weighted by atomic mass is 16.5. The number of amides is 1. The summed E-state index contributed by atoms with van der Waals surface area (Å²) in [7, 11) is 0. The van der Waals surface area contributed by atoms with Gasteiger partial charge < -0.3 is 15.8 Å². The maximum Gasteiger partial charge on any atom is 0.264 e. The largest absolute Gasteiger partial charge is 0.376 e. The lowest BCUT2D eigenvalue weighted by Crippen LogP contribution is -2.59. The summed E-state index contributed by atoms with van der Waals surface area (Å²) in [5, 5.41) is 6.29. The van der Waals surface area contributed by atoms with Crippen molar-refractivity contribution in [2.45, 2.75) is 18.6 Å². The number of nitrogens with zero attached hydrogens (tertiary/aromatic N) is 1. The summed E-state index contributed by atoms with van der Waals surface area (Å²) in [5.74, 6) is -0.519. The third-order valence-corrected chi connectivity index (χ3v) is 3.79. The van der Waals surface area contributed by atoms with Crippen LogP contribution in [0.3, 0.4) is 0 Å². The van der Waals surface area contributed by atoms with E-state index in [1.807, 2.05) is 30.3 Å². The fraction of sp³-hybridized carbons (Fsp3) is 0.333. The Labute approximate surface area is 123 Å². The fourth-order valence-electron chi connectivity index (χ4n) is 2.63. The summed E-state index contributed by atoms with van der Waals surface area (Å²) >= 11 is 0. The number of nitrogens with one attached hydrogen (secondary N) is 2. The fourth-order valence-corrected chi connectivity index (χ4v) is 2.63. The lowest BCUT2D eigenvalue weighted by Gasteiger charge is -2.37. The second-order valence-corrected chi connectivity index (χ2v) is 5.08. The summed E-state index contributed by atoms with van der Waals surface area (Å²) in [5.41, 5.74) is 7.22. The number of nitrogens with two attached hydrogens (primary N) is 1. The Kier molecular flexibility index (Phi) is 3.72. The molecule has 0 spiro atoms. The van der Waals surface area contributed by atoms with Crippen LogP contribution in [-0.2, 0) is 16.1 Å². The Morgan fingerprint density at radius 3 is 3.00 bits per heavy atom. The second-order valence-electron chi connectivity index (χ2n) is 5.08. The molecule has 0 saturated carbocycles. The molecule has 0 saturated heterocycles. The maximum absolute atomic E-state index is 12.1. The molecule has 1 amide bonds. The average molecular weight is 286 g/mol. The Morgan fingerprint density at radius 2 is 2.24 bits per heavy atom. The minimum Gasteiger partial charge on any atom is -0.376 e. The minimum atomic E-state index is -1.23. The predicted octanol–water partition coefficient (Wildman–Crippen LogP) is 0.264. The maximum atomic E-state index is 12.1. The van der Waals surface area contributed by atoms with Crippen molar-refractivity contribution in [1.29, 1.82) is 0 Å². The van der Waals surface area contributed by atoms with Gasteiger partial charge in [-0.3, -0.25) is 10.1 Å². The van der Waals surface area contributed by atoms with E-state index in [2.05, 4.69) is 15.6 Å². The molecule has 2 heterocycles. The third-order valence-electron chi connectivity index (χ3n) is 3.79. The molecule has 0 aromatic heterocycles. The number of carbonyl (C=O) groups is 1. The van der Waals surface area contributed by atoms with Crippen LogP contribution in [0.4, 0.5) is 0 Å². The van der Waals surface area contributed by atoms with Gasteiger partial charge in [-0.15, -0.1) is 0 Å². The molecule has 6 heteroatoms. The van der Waals surface area contributed by atoms with Gasteiger partial charge in [-0.2, -0.15) is 0 Å². The summed E-state index contributed by atoms with van der Waals surface area (Å²) in [4.78, 5) is 16.4. The van der Waals surface area contributed by atoms with Crippen molar-refractivity contribution in [2.24, 2.45) is 10.7 Å². The number of ether oxygens (including phenoxy) is 1. The van der Waals surface area contributed by atoms with Crippen molar-refractivity contribution >= 4 is 12.2 Å². The molecule has 1 atom stereocenters. The van der Waals surface area contributed by atoms with Crippen molar-refractivity contribution in [3.63, 3.8) is 0 Å². The average Bonchev–Trinajstić information content (AvgIpc) is 2.53.